The van der Waals surface area contributed by atoms with Crippen LogP contribution in [0.1, 0.15) is 23.8 Å². The Morgan fingerprint density at radius 2 is 2.18 bits per heavy atom. The number of anilines is 1. The third-order valence-corrected chi connectivity index (χ3v) is 2.03. The number of nitrogen functional groups attached to an aromatic ring is 1. The lowest BCUT2D eigenvalue weighted by atomic mass is 10.3. The topological polar surface area (TPSA) is 97.1 Å². The fourth-order valence-corrected chi connectivity index (χ4v) is 1.24. The minimum atomic E-state index is -0.332. The van der Waals surface area contributed by atoms with Crippen LogP contribution in [-0.4, -0.2) is 29.9 Å². The van der Waals surface area contributed by atoms with E-state index in [2.05, 4.69) is 15.6 Å². The number of nitrogens with two attached hydrogens (primary N) is 1. The molecule has 0 aromatic carbocycles. The van der Waals surface area contributed by atoms with E-state index in [9.17, 15) is 9.59 Å². The normalized spacial score (nSPS) is 9.71. The summed E-state index contributed by atoms with van der Waals surface area (Å²) >= 11 is 0. The van der Waals surface area contributed by atoms with Crippen molar-refractivity contribution in [2.45, 2.75) is 13.3 Å². The van der Waals surface area contributed by atoms with Crippen molar-refractivity contribution < 1.29 is 9.59 Å². The van der Waals surface area contributed by atoms with Crippen molar-refractivity contribution >= 4 is 17.5 Å². The van der Waals surface area contributed by atoms with Crippen LogP contribution in [0.15, 0.2) is 18.3 Å². The molecule has 4 N–H and O–H groups in total. The molecule has 0 spiro atoms. The molecule has 0 aliphatic carbocycles. The Morgan fingerprint density at radius 1 is 1.41 bits per heavy atom. The standard InChI is InChI=1S/C11H16N4O2/c1-2-13-10(16)4-6-15-11(17)9-7-8(12)3-5-14-9/h3,5,7H,2,4,6H2,1H3,(H2,12,14)(H,13,16)(H,15,17). The van der Waals surface area contributed by atoms with E-state index < -0.39 is 0 Å². The molecule has 1 rings (SSSR count). The predicted molar refractivity (Wildman–Crippen MR) is 64.3 cm³/mol. The van der Waals surface area contributed by atoms with Crippen molar-refractivity contribution in [3.8, 4) is 0 Å². The molecule has 17 heavy (non-hydrogen) atoms. The van der Waals surface area contributed by atoms with Crippen LogP contribution in [0.5, 0.6) is 0 Å². The Bertz CT molecular complexity index is 406. The first-order chi connectivity index (χ1) is 8.13. The SMILES string of the molecule is CCNC(=O)CCNC(=O)c1cc(N)ccn1. The predicted octanol–water partition coefficient (Wildman–Crippen LogP) is -0.0802. The van der Waals surface area contributed by atoms with E-state index in [1.165, 1.54) is 12.3 Å². The highest BCUT2D eigenvalue weighted by molar-refractivity contribution is 5.93. The molecule has 0 bridgehead atoms. The number of rotatable bonds is 5. The zero-order chi connectivity index (χ0) is 12.7. The van der Waals surface area contributed by atoms with Gasteiger partial charge in [-0.3, -0.25) is 14.6 Å². The van der Waals surface area contributed by atoms with Crippen LogP contribution in [0.3, 0.4) is 0 Å². The number of pyridine rings is 1. The van der Waals surface area contributed by atoms with Crippen molar-refractivity contribution in [2.75, 3.05) is 18.8 Å². The lowest BCUT2D eigenvalue weighted by Crippen LogP contribution is -2.31. The average molecular weight is 236 g/mol. The van der Waals surface area contributed by atoms with Gasteiger partial charge in [0.25, 0.3) is 5.91 Å². The third-order valence-electron chi connectivity index (χ3n) is 2.03. The Hall–Kier alpha value is -2.11. The Labute approximate surface area is 99.6 Å². The maximum absolute atomic E-state index is 11.6. The van der Waals surface area contributed by atoms with E-state index in [0.717, 1.165) is 0 Å². The Kier molecular flexibility index (Phi) is 4.93. The highest BCUT2D eigenvalue weighted by Crippen LogP contribution is 2.02. The molecular formula is C11H16N4O2. The summed E-state index contributed by atoms with van der Waals surface area (Å²) in [6.45, 7) is 2.71. The number of aromatic nitrogens is 1. The van der Waals surface area contributed by atoms with Gasteiger partial charge >= 0.3 is 0 Å². The van der Waals surface area contributed by atoms with Crippen molar-refractivity contribution in [3.63, 3.8) is 0 Å². The molecule has 0 aliphatic heterocycles. The number of hydrogen-bond donors (Lipinski definition) is 3. The van der Waals surface area contributed by atoms with Gasteiger partial charge in [-0.25, -0.2) is 0 Å². The van der Waals surface area contributed by atoms with E-state index in [1.54, 1.807) is 6.07 Å². The van der Waals surface area contributed by atoms with Gasteiger partial charge in [0.15, 0.2) is 0 Å². The molecule has 1 aromatic heterocycles. The second kappa shape index (κ2) is 6.47. The molecule has 1 heterocycles. The molecule has 6 nitrogen and oxygen atoms in total. The van der Waals surface area contributed by atoms with Gasteiger partial charge in [0.2, 0.25) is 5.91 Å². The largest absolute Gasteiger partial charge is 0.399 e. The second-order valence-electron chi connectivity index (χ2n) is 3.43. The van der Waals surface area contributed by atoms with Gasteiger partial charge in [-0.2, -0.15) is 0 Å². The number of hydrogen-bond acceptors (Lipinski definition) is 4. The minimum Gasteiger partial charge on any atom is -0.399 e. The van der Waals surface area contributed by atoms with Gasteiger partial charge in [0, 0.05) is 31.4 Å². The lowest BCUT2D eigenvalue weighted by Gasteiger charge is -2.05. The fraction of sp³-hybridized carbons (Fsp3) is 0.364. The number of amides is 2. The zero-order valence-corrected chi connectivity index (χ0v) is 9.69. The first kappa shape index (κ1) is 13.0. The molecule has 1 aromatic rings. The number of carbonyl (C=O) groups excluding carboxylic acids is 2. The number of nitrogens with one attached hydrogen (secondary N) is 2. The quantitative estimate of drug-likeness (QED) is 0.666. The molecule has 0 fully saturated rings. The summed E-state index contributed by atoms with van der Waals surface area (Å²) in [4.78, 5) is 26.6. The summed E-state index contributed by atoms with van der Waals surface area (Å²) < 4.78 is 0. The molecular weight excluding hydrogens is 220 g/mol. The van der Waals surface area contributed by atoms with Crippen molar-refractivity contribution in [1.29, 1.82) is 0 Å². The van der Waals surface area contributed by atoms with E-state index in [4.69, 9.17) is 5.73 Å². The van der Waals surface area contributed by atoms with Gasteiger partial charge in [-0.05, 0) is 19.1 Å². The van der Waals surface area contributed by atoms with Crippen molar-refractivity contribution in [1.82, 2.24) is 15.6 Å². The smallest absolute Gasteiger partial charge is 0.269 e. The molecule has 0 saturated carbocycles. The third kappa shape index (κ3) is 4.50. The first-order valence-corrected chi connectivity index (χ1v) is 5.40. The molecule has 2 amide bonds. The number of carbonyl (C=O) groups is 2. The van der Waals surface area contributed by atoms with Crippen LogP contribution in [0.25, 0.3) is 0 Å². The highest BCUT2D eigenvalue weighted by atomic mass is 16.2. The summed E-state index contributed by atoms with van der Waals surface area (Å²) in [5.74, 6) is -0.421. The summed E-state index contributed by atoms with van der Waals surface area (Å²) in [6.07, 6.45) is 1.72. The molecule has 0 saturated heterocycles. The second-order valence-corrected chi connectivity index (χ2v) is 3.43. The van der Waals surface area contributed by atoms with Crippen LogP contribution in [-0.2, 0) is 4.79 Å². The highest BCUT2D eigenvalue weighted by Gasteiger charge is 2.07. The van der Waals surface area contributed by atoms with E-state index in [0.29, 0.717) is 12.2 Å². The summed E-state index contributed by atoms with van der Waals surface area (Å²) in [5, 5.41) is 5.24. The molecule has 0 atom stereocenters. The van der Waals surface area contributed by atoms with Crippen LogP contribution in [0.2, 0.25) is 0 Å². The molecule has 0 radical (unpaired) electrons. The minimum absolute atomic E-state index is 0.0895. The maximum Gasteiger partial charge on any atom is 0.269 e. The Balaban J connectivity index is 2.38. The summed E-state index contributed by atoms with van der Waals surface area (Å²) in [6, 6.07) is 3.09. The van der Waals surface area contributed by atoms with Crippen LogP contribution < -0.4 is 16.4 Å². The van der Waals surface area contributed by atoms with Crippen LogP contribution in [0.4, 0.5) is 5.69 Å². The summed E-state index contributed by atoms with van der Waals surface area (Å²) in [7, 11) is 0. The van der Waals surface area contributed by atoms with Gasteiger partial charge in [0.05, 0.1) is 0 Å². The van der Waals surface area contributed by atoms with Gasteiger partial charge < -0.3 is 16.4 Å². The lowest BCUT2D eigenvalue weighted by molar-refractivity contribution is -0.120. The fourth-order valence-electron chi connectivity index (χ4n) is 1.24. The molecule has 0 unspecified atom stereocenters. The van der Waals surface area contributed by atoms with E-state index in [1.807, 2.05) is 6.92 Å². The molecule has 6 heteroatoms. The van der Waals surface area contributed by atoms with E-state index in [-0.39, 0.29) is 30.5 Å². The monoisotopic (exact) mass is 236 g/mol. The van der Waals surface area contributed by atoms with Crippen LogP contribution >= 0.6 is 0 Å². The first-order valence-electron chi connectivity index (χ1n) is 5.40. The molecule has 92 valence electrons. The van der Waals surface area contributed by atoms with Gasteiger partial charge in [-0.1, -0.05) is 0 Å². The average Bonchev–Trinajstić information content (AvgIpc) is 2.29. The van der Waals surface area contributed by atoms with Crippen LogP contribution in [0, 0.1) is 0 Å². The maximum atomic E-state index is 11.6. The zero-order valence-electron chi connectivity index (χ0n) is 9.69. The molecule has 0 aliphatic rings. The Morgan fingerprint density at radius 3 is 2.82 bits per heavy atom. The number of nitrogens with zero attached hydrogens (tertiary/aromatic N) is 1. The van der Waals surface area contributed by atoms with Crippen molar-refractivity contribution in [2.24, 2.45) is 0 Å². The van der Waals surface area contributed by atoms with E-state index >= 15 is 0 Å². The summed E-state index contributed by atoms with van der Waals surface area (Å²) in [5.41, 5.74) is 6.26. The van der Waals surface area contributed by atoms with Gasteiger partial charge in [0.1, 0.15) is 5.69 Å². The van der Waals surface area contributed by atoms with Crippen molar-refractivity contribution in [3.05, 3.63) is 24.0 Å². The van der Waals surface area contributed by atoms with Gasteiger partial charge in [-0.15, -0.1) is 0 Å².